The van der Waals surface area contributed by atoms with E-state index < -0.39 is 0 Å². The summed E-state index contributed by atoms with van der Waals surface area (Å²) in [5.41, 5.74) is 7.10. The highest BCUT2D eigenvalue weighted by molar-refractivity contribution is 5.32. The number of hydrogen-bond donors (Lipinski definition) is 1. The molecule has 2 rings (SSSR count). The summed E-state index contributed by atoms with van der Waals surface area (Å²) in [6.07, 6.45) is 5.46. The Kier molecular flexibility index (Phi) is 3.72. The maximum atomic E-state index is 5.95. The Bertz CT molecular complexity index is 350. The van der Waals surface area contributed by atoms with E-state index in [4.69, 9.17) is 10.5 Å². The molecule has 0 amide bonds. The van der Waals surface area contributed by atoms with Gasteiger partial charge in [-0.1, -0.05) is 26.0 Å². The van der Waals surface area contributed by atoms with Gasteiger partial charge in [-0.25, -0.2) is 0 Å². The van der Waals surface area contributed by atoms with Crippen molar-refractivity contribution in [2.24, 2.45) is 5.73 Å². The molecule has 2 nitrogen and oxygen atoms in total. The van der Waals surface area contributed by atoms with E-state index in [0.29, 0.717) is 12.6 Å². The highest BCUT2D eigenvalue weighted by Crippen LogP contribution is 2.27. The smallest absolute Gasteiger partial charge is 0.119 e. The lowest BCUT2D eigenvalue weighted by molar-refractivity contribution is 0.210. The molecule has 1 aliphatic carbocycles. The molecule has 1 aromatic rings. The second-order valence-corrected chi connectivity index (χ2v) is 5.64. The molecule has 0 heterocycles. The first kappa shape index (κ1) is 12.4. The number of benzene rings is 1. The fourth-order valence-corrected chi connectivity index (χ4v) is 2.30. The Hall–Kier alpha value is -1.02. The van der Waals surface area contributed by atoms with Crippen LogP contribution in [-0.4, -0.2) is 12.6 Å². The number of ether oxygens (including phenoxy) is 1. The second kappa shape index (κ2) is 5.09. The van der Waals surface area contributed by atoms with E-state index in [-0.39, 0.29) is 5.41 Å². The summed E-state index contributed by atoms with van der Waals surface area (Å²) in [5.74, 6) is 0.994. The minimum atomic E-state index is 0.0475. The van der Waals surface area contributed by atoms with Crippen LogP contribution in [0.5, 0.6) is 5.75 Å². The normalized spacial score (nSPS) is 17.4. The summed E-state index contributed by atoms with van der Waals surface area (Å²) >= 11 is 0. The van der Waals surface area contributed by atoms with E-state index in [0.717, 1.165) is 5.75 Å². The Balaban J connectivity index is 2.02. The molecule has 0 saturated heterocycles. The van der Waals surface area contributed by atoms with Gasteiger partial charge in [0.05, 0.1) is 6.10 Å². The zero-order valence-electron chi connectivity index (χ0n) is 10.9. The van der Waals surface area contributed by atoms with Crippen LogP contribution >= 0.6 is 0 Å². The lowest BCUT2D eigenvalue weighted by Gasteiger charge is -2.23. The van der Waals surface area contributed by atoms with Crippen molar-refractivity contribution in [3.05, 3.63) is 29.8 Å². The Morgan fingerprint density at radius 1 is 1.18 bits per heavy atom. The van der Waals surface area contributed by atoms with Crippen molar-refractivity contribution in [3.63, 3.8) is 0 Å². The van der Waals surface area contributed by atoms with Crippen LogP contribution in [0, 0.1) is 0 Å². The molecule has 1 aliphatic rings. The molecule has 0 unspecified atom stereocenters. The minimum Gasteiger partial charge on any atom is -0.490 e. The van der Waals surface area contributed by atoms with E-state index >= 15 is 0 Å². The number of rotatable bonds is 4. The van der Waals surface area contributed by atoms with Gasteiger partial charge in [-0.05, 0) is 43.4 Å². The summed E-state index contributed by atoms with van der Waals surface area (Å²) < 4.78 is 5.95. The van der Waals surface area contributed by atoms with Gasteiger partial charge in [0.15, 0.2) is 0 Å². The average molecular weight is 233 g/mol. The van der Waals surface area contributed by atoms with Crippen LogP contribution < -0.4 is 10.5 Å². The van der Waals surface area contributed by atoms with Crippen molar-refractivity contribution in [2.75, 3.05) is 6.54 Å². The van der Waals surface area contributed by atoms with Gasteiger partial charge in [0, 0.05) is 12.0 Å². The third-order valence-electron chi connectivity index (χ3n) is 3.75. The van der Waals surface area contributed by atoms with E-state index in [1.807, 2.05) is 0 Å². The maximum absolute atomic E-state index is 5.95. The molecule has 1 fully saturated rings. The first-order valence-corrected chi connectivity index (χ1v) is 6.59. The van der Waals surface area contributed by atoms with Crippen LogP contribution in [-0.2, 0) is 5.41 Å². The lowest BCUT2D eigenvalue weighted by atomic mass is 9.85. The monoisotopic (exact) mass is 233 g/mol. The fourth-order valence-electron chi connectivity index (χ4n) is 2.30. The van der Waals surface area contributed by atoms with Gasteiger partial charge >= 0.3 is 0 Å². The topological polar surface area (TPSA) is 35.2 Å². The van der Waals surface area contributed by atoms with Gasteiger partial charge in [0.25, 0.3) is 0 Å². The van der Waals surface area contributed by atoms with Crippen molar-refractivity contribution >= 4 is 0 Å². The molecule has 1 aromatic carbocycles. The van der Waals surface area contributed by atoms with Gasteiger partial charge in [-0.2, -0.15) is 0 Å². The SMILES string of the molecule is CC(C)(CN)c1ccc(OC2CCCC2)cc1. The minimum absolute atomic E-state index is 0.0475. The third kappa shape index (κ3) is 3.01. The number of hydrogen-bond acceptors (Lipinski definition) is 2. The van der Waals surface area contributed by atoms with Gasteiger partial charge in [-0.15, -0.1) is 0 Å². The van der Waals surface area contributed by atoms with Crippen molar-refractivity contribution < 1.29 is 4.74 Å². The quantitative estimate of drug-likeness (QED) is 0.866. The maximum Gasteiger partial charge on any atom is 0.119 e. The Labute approximate surface area is 104 Å². The van der Waals surface area contributed by atoms with Crippen LogP contribution in [0.4, 0.5) is 0 Å². The van der Waals surface area contributed by atoms with E-state index in [1.54, 1.807) is 0 Å². The second-order valence-electron chi connectivity index (χ2n) is 5.64. The predicted octanol–water partition coefficient (Wildman–Crippen LogP) is 3.24. The van der Waals surface area contributed by atoms with E-state index in [2.05, 4.69) is 38.1 Å². The van der Waals surface area contributed by atoms with Gasteiger partial charge in [0.2, 0.25) is 0 Å². The first-order chi connectivity index (χ1) is 8.12. The van der Waals surface area contributed by atoms with E-state index in [9.17, 15) is 0 Å². The summed E-state index contributed by atoms with van der Waals surface area (Å²) in [6, 6.07) is 8.42. The average Bonchev–Trinajstić information content (AvgIpc) is 2.83. The molecule has 2 heteroatoms. The molecule has 0 atom stereocenters. The van der Waals surface area contributed by atoms with Crippen LogP contribution in [0.15, 0.2) is 24.3 Å². The molecule has 0 spiro atoms. The van der Waals surface area contributed by atoms with Crippen molar-refractivity contribution in [1.29, 1.82) is 0 Å². The van der Waals surface area contributed by atoms with Crippen molar-refractivity contribution in [3.8, 4) is 5.75 Å². The molecule has 17 heavy (non-hydrogen) atoms. The van der Waals surface area contributed by atoms with Crippen molar-refractivity contribution in [1.82, 2.24) is 0 Å². The summed E-state index contributed by atoms with van der Waals surface area (Å²) in [7, 11) is 0. The summed E-state index contributed by atoms with van der Waals surface area (Å²) in [5, 5.41) is 0. The molecule has 0 radical (unpaired) electrons. The van der Waals surface area contributed by atoms with Gasteiger partial charge < -0.3 is 10.5 Å². The highest BCUT2D eigenvalue weighted by Gasteiger charge is 2.19. The van der Waals surface area contributed by atoms with Crippen molar-refractivity contribution in [2.45, 2.75) is 51.0 Å². The predicted molar refractivity (Wildman–Crippen MR) is 71.4 cm³/mol. The zero-order valence-corrected chi connectivity index (χ0v) is 10.9. The standard InChI is InChI=1S/C15H23NO/c1-15(2,11-16)12-7-9-14(10-8-12)17-13-5-3-4-6-13/h7-10,13H,3-6,11,16H2,1-2H3. The lowest BCUT2D eigenvalue weighted by Crippen LogP contribution is -2.27. The van der Waals surface area contributed by atoms with Gasteiger partial charge in [-0.3, -0.25) is 0 Å². The molecule has 0 bridgehead atoms. The molecule has 0 aromatic heterocycles. The fraction of sp³-hybridized carbons (Fsp3) is 0.600. The van der Waals surface area contributed by atoms with Gasteiger partial charge in [0.1, 0.15) is 5.75 Å². The van der Waals surface area contributed by atoms with Crippen LogP contribution in [0.25, 0.3) is 0 Å². The highest BCUT2D eigenvalue weighted by atomic mass is 16.5. The molecule has 0 aliphatic heterocycles. The molecular weight excluding hydrogens is 210 g/mol. The molecule has 1 saturated carbocycles. The summed E-state index contributed by atoms with van der Waals surface area (Å²) in [6.45, 7) is 5.00. The third-order valence-corrected chi connectivity index (χ3v) is 3.75. The Morgan fingerprint density at radius 3 is 2.29 bits per heavy atom. The van der Waals surface area contributed by atoms with Crippen LogP contribution in [0.2, 0.25) is 0 Å². The first-order valence-electron chi connectivity index (χ1n) is 6.59. The largest absolute Gasteiger partial charge is 0.490 e. The van der Waals surface area contributed by atoms with E-state index in [1.165, 1.54) is 31.2 Å². The molecular formula is C15H23NO. The zero-order chi connectivity index (χ0) is 12.3. The molecule has 94 valence electrons. The molecule has 2 N–H and O–H groups in total. The van der Waals surface area contributed by atoms with Crippen LogP contribution in [0.3, 0.4) is 0 Å². The summed E-state index contributed by atoms with van der Waals surface area (Å²) in [4.78, 5) is 0. The van der Waals surface area contributed by atoms with Crippen LogP contribution in [0.1, 0.15) is 45.1 Å². The Morgan fingerprint density at radius 2 is 1.76 bits per heavy atom. The number of nitrogens with two attached hydrogens (primary N) is 1.